The summed E-state index contributed by atoms with van der Waals surface area (Å²) in [4.78, 5) is 25.1. The van der Waals surface area contributed by atoms with Crippen molar-refractivity contribution in [1.82, 2.24) is 0 Å². The molecule has 0 spiro atoms. The maximum atomic E-state index is 12.7. The van der Waals surface area contributed by atoms with Crippen molar-refractivity contribution in [2.45, 2.75) is 6.42 Å². The minimum absolute atomic E-state index is 0.130. The molecule has 0 heterocycles. The first-order chi connectivity index (χ1) is 12.7. The predicted molar refractivity (Wildman–Crippen MR) is 98.9 cm³/mol. The maximum Gasteiger partial charge on any atom is 0.343 e. The molecule has 0 aromatic heterocycles. The molecule has 4 nitrogen and oxygen atoms in total. The Bertz CT molecular complexity index is 902. The molecule has 130 valence electrons. The van der Waals surface area contributed by atoms with Gasteiger partial charge < -0.3 is 9.47 Å². The molecule has 26 heavy (non-hydrogen) atoms. The zero-order valence-corrected chi connectivity index (χ0v) is 14.3. The second-order valence-corrected chi connectivity index (χ2v) is 5.70. The third-order valence-electron chi connectivity index (χ3n) is 3.91. The highest BCUT2D eigenvalue weighted by Gasteiger charge is 2.18. The zero-order chi connectivity index (χ0) is 18.4. The number of Topliss-reactive ketones (excluding diaryl/α,β-unsaturated/α-hetero) is 1. The predicted octanol–water partition coefficient (Wildman–Crippen LogP) is 4.34. The summed E-state index contributed by atoms with van der Waals surface area (Å²) < 4.78 is 10.7. The standard InChI is InChI=1S/C22H18O4/c1-25-18-12-13-19(20(23)14-16-8-4-2-5-9-16)21(15-18)26-22(24)17-10-6-3-7-11-17/h2-13,15H,14H2,1H3. The molecule has 0 N–H and O–H groups in total. The highest BCUT2D eigenvalue weighted by molar-refractivity contribution is 6.01. The van der Waals surface area contributed by atoms with E-state index in [0.29, 0.717) is 16.9 Å². The highest BCUT2D eigenvalue weighted by Crippen LogP contribution is 2.27. The summed E-state index contributed by atoms with van der Waals surface area (Å²) in [6.45, 7) is 0. The molecule has 0 unspecified atom stereocenters. The van der Waals surface area contributed by atoms with Gasteiger partial charge in [0, 0.05) is 12.5 Å². The van der Waals surface area contributed by atoms with Crippen molar-refractivity contribution >= 4 is 11.8 Å². The quantitative estimate of drug-likeness (QED) is 0.378. The summed E-state index contributed by atoms with van der Waals surface area (Å²) in [5.74, 6) is 0.0542. The van der Waals surface area contributed by atoms with Crippen molar-refractivity contribution in [2.24, 2.45) is 0 Å². The SMILES string of the molecule is COc1ccc(C(=O)Cc2ccccc2)c(OC(=O)c2ccccc2)c1. The first-order valence-electron chi connectivity index (χ1n) is 8.20. The Morgan fingerprint density at radius 3 is 2.15 bits per heavy atom. The van der Waals surface area contributed by atoms with Crippen molar-refractivity contribution in [3.05, 3.63) is 95.6 Å². The van der Waals surface area contributed by atoms with Crippen molar-refractivity contribution < 1.29 is 19.1 Å². The van der Waals surface area contributed by atoms with Crippen molar-refractivity contribution in [3.63, 3.8) is 0 Å². The van der Waals surface area contributed by atoms with Gasteiger partial charge in [-0.15, -0.1) is 0 Å². The monoisotopic (exact) mass is 346 g/mol. The van der Waals surface area contributed by atoms with Gasteiger partial charge in [0.1, 0.15) is 11.5 Å². The van der Waals surface area contributed by atoms with E-state index in [4.69, 9.17) is 9.47 Å². The van der Waals surface area contributed by atoms with Gasteiger partial charge in [0.25, 0.3) is 0 Å². The summed E-state index contributed by atoms with van der Waals surface area (Å²) >= 11 is 0. The zero-order valence-electron chi connectivity index (χ0n) is 14.3. The highest BCUT2D eigenvalue weighted by atomic mass is 16.5. The Labute approximate surface area is 152 Å². The third-order valence-corrected chi connectivity index (χ3v) is 3.91. The fraction of sp³-hybridized carbons (Fsp3) is 0.0909. The molecule has 0 aliphatic rings. The molecule has 0 aliphatic carbocycles. The van der Waals surface area contributed by atoms with Gasteiger partial charge in [0.2, 0.25) is 0 Å². The Kier molecular flexibility index (Phi) is 5.44. The van der Waals surface area contributed by atoms with Crippen LogP contribution in [0.4, 0.5) is 0 Å². The molecule has 3 aromatic carbocycles. The van der Waals surface area contributed by atoms with Gasteiger partial charge in [-0.2, -0.15) is 0 Å². The van der Waals surface area contributed by atoms with Crippen LogP contribution in [0.1, 0.15) is 26.3 Å². The van der Waals surface area contributed by atoms with Gasteiger partial charge in [-0.1, -0.05) is 48.5 Å². The largest absolute Gasteiger partial charge is 0.497 e. The summed E-state index contributed by atoms with van der Waals surface area (Å²) in [6, 6.07) is 22.9. The topological polar surface area (TPSA) is 52.6 Å². The van der Waals surface area contributed by atoms with Gasteiger partial charge in [0.15, 0.2) is 5.78 Å². The molecule has 0 saturated carbocycles. The lowest BCUT2D eigenvalue weighted by Gasteiger charge is -2.11. The molecule has 0 atom stereocenters. The van der Waals surface area contributed by atoms with E-state index in [9.17, 15) is 9.59 Å². The fourth-order valence-corrected chi connectivity index (χ4v) is 2.55. The number of carbonyl (C=O) groups is 2. The Hall–Kier alpha value is -3.40. The van der Waals surface area contributed by atoms with Crippen LogP contribution in [-0.2, 0) is 6.42 Å². The van der Waals surface area contributed by atoms with Gasteiger partial charge in [0.05, 0.1) is 18.2 Å². The van der Waals surface area contributed by atoms with Crippen LogP contribution in [0.25, 0.3) is 0 Å². The Morgan fingerprint density at radius 1 is 0.846 bits per heavy atom. The van der Waals surface area contributed by atoms with E-state index in [-0.39, 0.29) is 18.0 Å². The lowest BCUT2D eigenvalue weighted by molar-refractivity contribution is 0.0732. The average Bonchev–Trinajstić information content (AvgIpc) is 2.69. The molecular formula is C22H18O4. The van der Waals surface area contributed by atoms with E-state index in [1.165, 1.54) is 7.11 Å². The van der Waals surface area contributed by atoms with E-state index in [2.05, 4.69) is 0 Å². The third kappa shape index (κ3) is 4.16. The number of ketones is 1. The normalized spacial score (nSPS) is 10.2. The van der Waals surface area contributed by atoms with E-state index in [0.717, 1.165) is 5.56 Å². The molecular weight excluding hydrogens is 328 g/mol. The van der Waals surface area contributed by atoms with Crippen molar-refractivity contribution in [1.29, 1.82) is 0 Å². The van der Waals surface area contributed by atoms with E-state index < -0.39 is 5.97 Å². The lowest BCUT2D eigenvalue weighted by Crippen LogP contribution is -2.12. The number of hydrogen-bond acceptors (Lipinski definition) is 4. The minimum atomic E-state index is -0.521. The molecule has 4 heteroatoms. The molecule has 0 bridgehead atoms. The molecule has 3 aromatic rings. The van der Waals surface area contributed by atoms with Crippen molar-refractivity contribution in [2.75, 3.05) is 7.11 Å². The molecule has 0 fully saturated rings. The average molecular weight is 346 g/mol. The van der Waals surface area contributed by atoms with Crippen LogP contribution in [0.15, 0.2) is 78.9 Å². The number of esters is 1. The first kappa shape index (κ1) is 17.4. The number of methoxy groups -OCH3 is 1. The first-order valence-corrected chi connectivity index (χ1v) is 8.20. The van der Waals surface area contributed by atoms with Gasteiger partial charge in [-0.3, -0.25) is 4.79 Å². The minimum Gasteiger partial charge on any atom is -0.497 e. The number of carbonyl (C=O) groups excluding carboxylic acids is 2. The van der Waals surface area contributed by atoms with E-state index in [1.807, 2.05) is 36.4 Å². The summed E-state index contributed by atoms with van der Waals surface area (Å²) in [7, 11) is 1.52. The molecule has 0 aliphatic heterocycles. The van der Waals surface area contributed by atoms with Crippen LogP contribution >= 0.6 is 0 Å². The number of rotatable bonds is 6. The summed E-state index contributed by atoms with van der Waals surface area (Å²) in [5.41, 5.74) is 1.66. The van der Waals surface area contributed by atoms with Gasteiger partial charge in [-0.05, 0) is 29.8 Å². The second kappa shape index (κ2) is 8.12. The van der Waals surface area contributed by atoms with Crippen LogP contribution in [-0.4, -0.2) is 18.9 Å². The van der Waals surface area contributed by atoms with Crippen LogP contribution in [0.5, 0.6) is 11.5 Å². The van der Waals surface area contributed by atoms with Crippen LogP contribution in [0.2, 0.25) is 0 Å². The Morgan fingerprint density at radius 2 is 1.50 bits per heavy atom. The molecule has 0 amide bonds. The van der Waals surface area contributed by atoms with Crippen LogP contribution in [0.3, 0.4) is 0 Å². The van der Waals surface area contributed by atoms with Crippen LogP contribution < -0.4 is 9.47 Å². The smallest absolute Gasteiger partial charge is 0.343 e. The van der Waals surface area contributed by atoms with E-state index >= 15 is 0 Å². The Balaban J connectivity index is 1.88. The summed E-state index contributed by atoms with van der Waals surface area (Å²) in [5, 5.41) is 0. The molecule has 0 saturated heterocycles. The van der Waals surface area contributed by atoms with E-state index in [1.54, 1.807) is 42.5 Å². The van der Waals surface area contributed by atoms with Crippen molar-refractivity contribution in [3.8, 4) is 11.5 Å². The second-order valence-electron chi connectivity index (χ2n) is 5.70. The maximum absolute atomic E-state index is 12.7. The number of hydrogen-bond donors (Lipinski definition) is 0. The lowest BCUT2D eigenvalue weighted by atomic mass is 10.0. The van der Waals surface area contributed by atoms with Gasteiger partial charge in [-0.25, -0.2) is 4.79 Å². The fourth-order valence-electron chi connectivity index (χ4n) is 2.55. The summed E-state index contributed by atoms with van der Waals surface area (Å²) in [6.07, 6.45) is 0.225. The van der Waals surface area contributed by atoms with Crippen LogP contribution in [0, 0.1) is 0 Å². The number of benzene rings is 3. The number of ether oxygens (including phenoxy) is 2. The molecule has 0 radical (unpaired) electrons. The van der Waals surface area contributed by atoms with Gasteiger partial charge >= 0.3 is 5.97 Å². The molecule has 3 rings (SSSR count).